The van der Waals surface area contributed by atoms with Crippen molar-refractivity contribution in [3.8, 4) is 0 Å². The van der Waals surface area contributed by atoms with Crippen LogP contribution in [0.1, 0.15) is 26.7 Å². The van der Waals surface area contributed by atoms with E-state index in [1.165, 1.54) is 0 Å². The topological polar surface area (TPSA) is 57.6 Å². The van der Waals surface area contributed by atoms with Crippen LogP contribution in [0.3, 0.4) is 0 Å². The van der Waals surface area contributed by atoms with Gasteiger partial charge in [-0.15, -0.1) is 0 Å². The zero-order valence-corrected chi connectivity index (χ0v) is 10.4. The minimum absolute atomic E-state index is 0.221. The van der Waals surface area contributed by atoms with E-state index in [9.17, 15) is 13.5 Å². The molecule has 0 aromatic carbocycles. The van der Waals surface area contributed by atoms with Crippen molar-refractivity contribution in [3.05, 3.63) is 0 Å². The average molecular weight is 235 g/mol. The quantitative estimate of drug-likeness (QED) is 0.760. The Labute approximate surface area is 92.2 Å². The summed E-state index contributed by atoms with van der Waals surface area (Å²) in [4.78, 5) is 2.12. The summed E-state index contributed by atoms with van der Waals surface area (Å²) in [6.07, 6.45) is 1.47. The molecule has 1 aliphatic rings. The Morgan fingerprint density at radius 3 is 2.33 bits per heavy atom. The number of rotatable bonds is 4. The summed E-state index contributed by atoms with van der Waals surface area (Å²) >= 11 is 0. The molecule has 0 saturated carbocycles. The van der Waals surface area contributed by atoms with E-state index in [0.717, 1.165) is 25.9 Å². The molecule has 0 unspecified atom stereocenters. The highest BCUT2D eigenvalue weighted by Crippen LogP contribution is 2.20. The van der Waals surface area contributed by atoms with E-state index < -0.39 is 15.4 Å². The summed E-state index contributed by atoms with van der Waals surface area (Å²) in [7, 11) is -2.85. The number of nitrogens with zero attached hydrogens (tertiary/aromatic N) is 1. The average Bonchev–Trinajstić information content (AvgIpc) is 2.16. The molecule has 0 aromatic heterocycles. The number of hydrogen-bond donors (Lipinski definition) is 1. The van der Waals surface area contributed by atoms with Crippen molar-refractivity contribution in [2.24, 2.45) is 0 Å². The Balaban J connectivity index is 2.31. The maximum Gasteiger partial charge on any atom is 0.151 e. The lowest BCUT2D eigenvalue weighted by Gasteiger charge is -2.35. The Morgan fingerprint density at radius 2 is 1.87 bits per heavy atom. The van der Waals surface area contributed by atoms with Crippen LogP contribution in [-0.4, -0.2) is 55.2 Å². The summed E-state index contributed by atoms with van der Waals surface area (Å²) in [5, 5.41) is 9.72. The molecule has 1 heterocycles. The highest BCUT2D eigenvalue weighted by molar-refractivity contribution is 7.91. The van der Waals surface area contributed by atoms with Gasteiger partial charge in [-0.2, -0.15) is 0 Å². The van der Waals surface area contributed by atoms with Gasteiger partial charge in [-0.25, -0.2) is 8.42 Å². The molecule has 0 spiro atoms. The molecule has 90 valence electrons. The second kappa shape index (κ2) is 4.80. The van der Waals surface area contributed by atoms with Crippen molar-refractivity contribution >= 4 is 9.84 Å². The van der Waals surface area contributed by atoms with Crippen LogP contribution >= 0.6 is 0 Å². The van der Waals surface area contributed by atoms with Crippen LogP contribution in [0.4, 0.5) is 0 Å². The molecule has 0 atom stereocenters. The van der Waals surface area contributed by atoms with Crippen molar-refractivity contribution in [3.63, 3.8) is 0 Å². The second-order valence-corrected chi connectivity index (χ2v) is 7.05. The Kier molecular flexibility index (Phi) is 4.14. The van der Waals surface area contributed by atoms with Gasteiger partial charge >= 0.3 is 0 Å². The highest BCUT2D eigenvalue weighted by atomic mass is 32.2. The Hall–Kier alpha value is -0.130. The molecule has 4 nitrogen and oxygen atoms in total. The van der Waals surface area contributed by atoms with Crippen molar-refractivity contribution < 1.29 is 13.5 Å². The minimum atomic E-state index is -2.85. The maximum absolute atomic E-state index is 11.3. The zero-order valence-electron chi connectivity index (χ0n) is 9.57. The zero-order chi connectivity index (χ0) is 11.5. The smallest absolute Gasteiger partial charge is 0.151 e. The number of hydrogen-bond acceptors (Lipinski definition) is 4. The predicted octanol–water partition coefficient (Wildman–Crippen LogP) is 0.268. The van der Waals surface area contributed by atoms with E-state index in [1.807, 2.05) is 6.92 Å². The SMILES string of the molecule is CCS(=O)(=O)CCN1CCC(C)(O)CC1. The molecule has 0 aliphatic carbocycles. The maximum atomic E-state index is 11.3. The summed E-state index contributed by atoms with van der Waals surface area (Å²) in [6, 6.07) is 0. The van der Waals surface area contributed by atoms with E-state index in [2.05, 4.69) is 4.90 Å². The van der Waals surface area contributed by atoms with Crippen LogP contribution in [-0.2, 0) is 9.84 Å². The highest BCUT2D eigenvalue weighted by Gasteiger charge is 2.27. The van der Waals surface area contributed by atoms with E-state index in [1.54, 1.807) is 6.92 Å². The van der Waals surface area contributed by atoms with E-state index in [-0.39, 0.29) is 11.5 Å². The second-order valence-electron chi connectivity index (χ2n) is 4.57. The molecule has 0 aromatic rings. The lowest BCUT2D eigenvalue weighted by atomic mass is 9.94. The predicted molar refractivity (Wildman–Crippen MR) is 60.6 cm³/mol. The normalized spacial score (nSPS) is 22.9. The molecule has 1 rings (SSSR count). The summed E-state index contributed by atoms with van der Waals surface area (Å²) < 4.78 is 22.6. The van der Waals surface area contributed by atoms with E-state index >= 15 is 0 Å². The third-order valence-electron chi connectivity index (χ3n) is 3.09. The lowest BCUT2D eigenvalue weighted by molar-refractivity contribution is -0.00372. The molecule has 5 heteroatoms. The minimum Gasteiger partial charge on any atom is -0.390 e. The molecule has 15 heavy (non-hydrogen) atoms. The van der Waals surface area contributed by atoms with Gasteiger partial charge in [0, 0.05) is 25.4 Å². The van der Waals surface area contributed by atoms with Gasteiger partial charge < -0.3 is 10.0 Å². The van der Waals surface area contributed by atoms with Crippen LogP contribution in [0.15, 0.2) is 0 Å². The first-order chi connectivity index (χ1) is 6.85. The third-order valence-corrected chi connectivity index (χ3v) is 4.78. The summed E-state index contributed by atoms with van der Waals surface area (Å²) in [5.41, 5.74) is -0.555. The first-order valence-electron chi connectivity index (χ1n) is 5.50. The van der Waals surface area contributed by atoms with Crippen molar-refractivity contribution in [2.45, 2.75) is 32.3 Å². The van der Waals surface area contributed by atoms with Gasteiger partial charge in [0.05, 0.1) is 11.4 Å². The van der Waals surface area contributed by atoms with E-state index in [4.69, 9.17) is 0 Å². The molecule has 0 bridgehead atoms. The van der Waals surface area contributed by atoms with Crippen LogP contribution in [0.25, 0.3) is 0 Å². The van der Waals surface area contributed by atoms with Crippen LogP contribution < -0.4 is 0 Å². The number of aliphatic hydroxyl groups is 1. The number of piperidine rings is 1. The molecule has 1 aliphatic heterocycles. The molecular weight excluding hydrogens is 214 g/mol. The standard InChI is InChI=1S/C10H21NO3S/c1-3-15(13,14)9-8-11-6-4-10(2,12)5-7-11/h12H,3-9H2,1-2H3. The molecular formula is C10H21NO3S. The van der Waals surface area contributed by atoms with Gasteiger partial charge in [0.2, 0.25) is 0 Å². The first kappa shape index (κ1) is 12.9. The number of likely N-dealkylation sites (tertiary alicyclic amines) is 1. The molecule has 1 fully saturated rings. The molecule has 0 amide bonds. The van der Waals surface area contributed by atoms with Gasteiger partial charge in [0.1, 0.15) is 0 Å². The summed E-state index contributed by atoms with van der Waals surface area (Å²) in [6.45, 7) is 5.72. The third kappa shape index (κ3) is 4.49. The van der Waals surface area contributed by atoms with Gasteiger partial charge in [-0.1, -0.05) is 6.92 Å². The lowest BCUT2D eigenvalue weighted by Crippen LogP contribution is -2.44. The van der Waals surface area contributed by atoms with Gasteiger partial charge in [0.25, 0.3) is 0 Å². The fourth-order valence-corrected chi connectivity index (χ4v) is 2.50. The first-order valence-corrected chi connectivity index (χ1v) is 7.32. The van der Waals surface area contributed by atoms with Crippen LogP contribution in [0, 0.1) is 0 Å². The Morgan fingerprint density at radius 1 is 1.33 bits per heavy atom. The number of sulfone groups is 1. The van der Waals surface area contributed by atoms with Crippen LogP contribution in [0.2, 0.25) is 0 Å². The van der Waals surface area contributed by atoms with Gasteiger partial charge in [-0.05, 0) is 19.8 Å². The van der Waals surface area contributed by atoms with Crippen molar-refractivity contribution in [1.29, 1.82) is 0 Å². The fourth-order valence-electron chi connectivity index (χ4n) is 1.67. The largest absolute Gasteiger partial charge is 0.390 e. The summed E-state index contributed by atoms with van der Waals surface area (Å²) in [5.74, 6) is 0.462. The van der Waals surface area contributed by atoms with Crippen molar-refractivity contribution in [1.82, 2.24) is 4.90 Å². The Bertz CT molecular complexity index is 288. The van der Waals surface area contributed by atoms with Gasteiger partial charge in [0.15, 0.2) is 9.84 Å². The molecule has 1 saturated heterocycles. The van der Waals surface area contributed by atoms with Crippen molar-refractivity contribution in [2.75, 3.05) is 31.1 Å². The molecule has 1 N–H and O–H groups in total. The molecule has 0 radical (unpaired) electrons. The monoisotopic (exact) mass is 235 g/mol. The van der Waals surface area contributed by atoms with E-state index in [0.29, 0.717) is 6.54 Å². The van der Waals surface area contributed by atoms with Gasteiger partial charge in [-0.3, -0.25) is 0 Å². The fraction of sp³-hybridized carbons (Fsp3) is 1.00. The van der Waals surface area contributed by atoms with Crippen LogP contribution in [0.5, 0.6) is 0 Å².